The van der Waals surface area contributed by atoms with Gasteiger partial charge in [-0.25, -0.2) is 17.9 Å². The summed E-state index contributed by atoms with van der Waals surface area (Å²) in [6.07, 6.45) is 0. The Balaban J connectivity index is 1.69. The third kappa shape index (κ3) is 7.69. The van der Waals surface area contributed by atoms with Gasteiger partial charge in [-0.15, -0.1) is 0 Å². The molecule has 190 valence electrons. The first-order valence-corrected chi connectivity index (χ1v) is 12.9. The van der Waals surface area contributed by atoms with Crippen LogP contribution in [-0.2, 0) is 19.6 Å². The maximum Gasteiger partial charge on any atom is 0.338 e. The highest BCUT2D eigenvalue weighted by molar-refractivity contribution is 7.89. The summed E-state index contributed by atoms with van der Waals surface area (Å²) in [7, 11) is -4.01. The van der Waals surface area contributed by atoms with Gasteiger partial charge in [-0.2, -0.15) is 0 Å². The average Bonchev–Trinajstić information content (AvgIpc) is 2.78. The maximum absolute atomic E-state index is 12.7. The number of hydrogen-bond donors (Lipinski definition) is 2. The van der Waals surface area contributed by atoms with Crippen LogP contribution in [-0.4, -0.2) is 32.4 Å². The van der Waals surface area contributed by atoms with Crippen molar-refractivity contribution >= 4 is 50.8 Å². The minimum absolute atomic E-state index is 0.0621. The zero-order valence-corrected chi connectivity index (χ0v) is 22.0. The molecule has 0 atom stereocenters. The second kappa shape index (κ2) is 11.3. The van der Waals surface area contributed by atoms with Gasteiger partial charge in [0.05, 0.1) is 16.3 Å². The second-order valence-corrected chi connectivity index (χ2v) is 11.2. The van der Waals surface area contributed by atoms with Crippen molar-refractivity contribution in [3.63, 3.8) is 0 Å². The summed E-state index contributed by atoms with van der Waals surface area (Å²) in [6, 6.07) is 17.3. The molecular weight excluding hydrogens is 527 g/mol. The molecule has 0 bridgehead atoms. The van der Waals surface area contributed by atoms with Crippen molar-refractivity contribution in [1.82, 2.24) is 4.72 Å². The predicted molar refractivity (Wildman–Crippen MR) is 138 cm³/mol. The number of anilines is 1. The molecular formula is C25H24Cl2N2O6S. The zero-order chi connectivity index (χ0) is 26.5. The van der Waals surface area contributed by atoms with Gasteiger partial charge in [0.2, 0.25) is 10.0 Å². The molecule has 0 heterocycles. The van der Waals surface area contributed by atoms with Crippen LogP contribution in [0, 0.1) is 0 Å². The topological polar surface area (TPSA) is 111 Å². The number of nitrogens with one attached hydrogen (secondary N) is 2. The third-order valence-electron chi connectivity index (χ3n) is 4.42. The van der Waals surface area contributed by atoms with Crippen LogP contribution in [0.15, 0.2) is 71.6 Å². The van der Waals surface area contributed by atoms with Gasteiger partial charge >= 0.3 is 5.97 Å². The van der Waals surface area contributed by atoms with Crippen molar-refractivity contribution in [3.8, 4) is 11.5 Å². The van der Waals surface area contributed by atoms with E-state index < -0.39 is 34.0 Å². The predicted octanol–water partition coefficient (Wildman–Crippen LogP) is 5.66. The molecule has 3 rings (SSSR count). The largest absolute Gasteiger partial charge is 0.455 e. The smallest absolute Gasteiger partial charge is 0.338 e. The fourth-order valence-corrected chi connectivity index (χ4v) is 5.12. The number of amides is 1. The minimum atomic E-state index is -4.01. The monoisotopic (exact) mass is 550 g/mol. The normalized spacial score (nSPS) is 11.6. The third-order valence-corrected chi connectivity index (χ3v) is 6.89. The molecule has 8 nitrogen and oxygen atoms in total. The number of sulfonamides is 1. The highest BCUT2D eigenvalue weighted by atomic mass is 35.5. The molecule has 0 unspecified atom stereocenters. The summed E-state index contributed by atoms with van der Waals surface area (Å²) in [6.45, 7) is 4.38. The Labute approximate surface area is 219 Å². The van der Waals surface area contributed by atoms with Crippen LogP contribution in [0.1, 0.15) is 31.1 Å². The Kier molecular flexibility index (Phi) is 8.63. The van der Waals surface area contributed by atoms with E-state index in [-0.39, 0.29) is 21.2 Å². The highest BCUT2D eigenvalue weighted by Gasteiger charge is 2.26. The Morgan fingerprint density at radius 1 is 0.944 bits per heavy atom. The van der Waals surface area contributed by atoms with Gasteiger partial charge in [-0.3, -0.25) is 4.79 Å². The summed E-state index contributed by atoms with van der Waals surface area (Å²) < 4.78 is 38.7. The first-order chi connectivity index (χ1) is 16.8. The molecule has 3 aromatic carbocycles. The Morgan fingerprint density at radius 2 is 1.64 bits per heavy atom. The van der Waals surface area contributed by atoms with Gasteiger partial charge < -0.3 is 14.8 Å². The van der Waals surface area contributed by atoms with E-state index in [0.29, 0.717) is 16.5 Å². The van der Waals surface area contributed by atoms with Gasteiger partial charge in [0.15, 0.2) is 12.4 Å². The Bertz CT molecular complexity index is 1370. The van der Waals surface area contributed by atoms with Crippen LogP contribution in [0.3, 0.4) is 0 Å². The summed E-state index contributed by atoms with van der Waals surface area (Å²) >= 11 is 12.1. The van der Waals surface area contributed by atoms with Crippen LogP contribution in [0.5, 0.6) is 11.5 Å². The van der Waals surface area contributed by atoms with Crippen molar-refractivity contribution < 1.29 is 27.5 Å². The maximum atomic E-state index is 12.7. The number of benzene rings is 3. The van der Waals surface area contributed by atoms with E-state index >= 15 is 0 Å². The molecule has 0 saturated carbocycles. The summed E-state index contributed by atoms with van der Waals surface area (Å²) in [5, 5.41) is 2.90. The van der Waals surface area contributed by atoms with E-state index in [1.54, 1.807) is 57.2 Å². The lowest BCUT2D eigenvalue weighted by molar-refractivity contribution is -0.119. The fourth-order valence-electron chi connectivity index (χ4n) is 3.00. The Hall–Kier alpha value is -3.11. The van der Waals surface area contributed by atoms with Crippen molar-refractivity contribution in [3.05, 3.63) is 82.3 Å². The van der Waals surface area contributed by atoms with Crippen LogP contribution in [0.4, 0.5) is 5.69 Å². The molecule has 0 spiro atoms. The quantitative estimate of drug-likeness (QED) is 0.350. The molecule has 0 aliphatic carbocycles. The number of ether oxygens (including phenoxy) is 2. The van der Waals surface area contributed by atoms with E-state index in [0.717, 1.165) is 6.07 Å². The van der Waals surface area contributed by atoms with Crippen LogP contribution in [0.25, 0.3) is 0 Å². The van der Waals surface area contributed by atoms with Crippen LogP contribution < -0.4 is 14.8 Å². The molecule has 0 aliphatic heterocycles. The molecule has 0 radical (unpaired) electrons. The summed E-state index contributed by atoms with van der Waals surface area (Å²) in [5.74, 6) is -0.666. The van der Waals surface area contributed by atoms with Crippen molar-refractivity contribution in [1.29, 1.82) is 0 Å². The first-order valence-electron chi connectivity index (χ1n) is 10.7. The number of carbonyl (C=O) groups excluding carboxylic acids is 2. The van der Waals surface area contributed by atoms with Crippen molar-refractivity contribution in [2.75, 3.05) is 11.9 Å². The molecule has 0 fully saturated rings. The standard InChI is InChI=1S/C25H24Cl2N2O6S/c1-25(2,3)29-36(32,33)22-13-16(9-11-19(22)27)24(31)34-15-23(30)28-20-14-17(26)10-12-21(20)35-18-7-5-4-6-8-18/h4-14,29H,15H2,1-3H3,(H,28,30). The SMILES string of the molecule is CC(C)(C)NS(=O)(=O)c1cc(C(=O)OCC(=O)Nc2cc(Cl)ccc2Oc2ccccc2)ccc1Cl. The minimum Gasteiger partial charge on any atom is -0.455 e. The van der Waals surface area contributed by atoms with Crippen LogP contribution >= 0.6 is 23.2 Å². The molecule has 0 saturated heterocycles. The second-order valence-electron chi connectivity index (χ2n) is 8.68. The summed E-state index contributed by atoms with van der Waals surface area (Å²) in [4.78, 5) is 24.7. The number of esters is 1. The number of carbonyl (C=O) groups is 2. The number of rotatable bonds is 8. The molecule has 0 aromatic heterocycles. The lowest BCUT2D eigenvalue weighted by atomic mass is 10.1. The zero-order valence-electron chi connectivity index (χ0n) is 19.7. The average molecular weight is 551 g/mol. The molecule has 11 heteroatoms. The molecule has 1 amide bonds. The van der Waals surface area contributed by atoms with Gasteiger partial charge in [-0.05, 0) is 69.3 Å². The van der Waals surface area contributed by atoms with Crippen molar-refractivity contribution in [2.24, 2.45) is 0 Å². The van der Waals surface area contributed by atoms with Crippen LogP contribution in [0.2, 0.25) is 10.0 Å². The van der Waals surface area contributed by atoms with Gasteiger partial charge in [-0.1, -0.05) is 41.4 Å². The lowest BCUT2D eigenvalue weighted by Crippen LogP contribution is -2.40. The van der Waals surface area contributed by atoms with E-state index in [9.17, 15) is 18.0 Å². The number of halogens is 2. The number of hydrogen-bond acceptors (Lipinski definition) is 6. The van der Waals surface area contributed by atoms with Gasteiger partial charge in [0.25, 0.3) is 5.91 Å². The molecule has 0 aliphatic rings. The van der Waals surface area contributed by atoms with Gasteiger partial charge in [0.1, 0.15) is 10.6 Å². The first kappa shape index (κ1) is 27.5. The van der Waals surface area contributed by atoms with Crippen molar-refractivity contribution in [2.45, 2.75) is 31.2 Å². The molecule has 36 heavy (non-hydrogen) atoms. The molecule has 3 aromatic rings. The molecule has 2 N–H and O–H groups in total. The fraction of sp³-hybridized carbons (Fsp3) is 0.200. The number of para-hydroxylation sites is 1. The Morgan fingerprint density at radius 3 is 2.31 bits per heavy atom. The summed E-state index contributed by atoms with van der Waals surface area (Å²) in [5.41, 5.74) is -0.571. The van der Waals surface area contributed by atoms with E-state index in [4.69, 9.17) is 32.7 Å². The van der Waals surface area contributed by atoms with E-state index in [1.165, 1.54) is 18.2 Å². The van der Waals surface area contributed by atoms with E-state index in [2.05, 4.69) is 10.0 Å². The lowest BCUT2D eigenvalue weighted by Gasteiger charge is -2.21. The van der Waals surface area contributed by atoms with Gasteiger partial charge in [0, 0.05) is 10.6 Å². The van der Waals surface area contributed by atoms with E-state index in [1.807, 2.05) is 6.07 Å². The highest BCUT2D eigenvalue weighted by Crippen LogP contribution is 2.32.